The second-order valence-electron chi connectivity index (χ2n) is 9.00. The van der Waals surface area contributed by atoms with Crippen molar-refractivity contribution in [2.45, 2.75) is 25.0 Å². The van der Waals surface area contributed by atoms with Crippen LogP contribution >= 0.6 is 0 Å². The van der Waals surface area contributed by atoms with E-state index < -0.39 is 5.60 Å². The van der Waals surface area contributed by atoms with Crippen LogP contribution in [0.3, 0.4) is 0 Å². The van der Waals surface area contributed by atoms with E-state index in [0.717, 1.165) is 5.75 Å². The van der Waals surface area contributed by atoms with Crippen LogP contribution in [-0.4, -0.2) is 61.0 Å². The number of rotatable bonds is 6. The average molecular weight is 490 g/mol. The van der Waals surface area contributed by atoms with Crippen molar-refractivity contribution < 1.29 is 19.4 Å². The maximum atomic E-state index is 13.0. The summed E-state index contributed by atoms with van der Waals surface area (Å²) < 4.78 is 13.9. The molecular weight excluding hydrogens is 462 g/mol. The number of aromatic nitrogens is 4. The molecule has 0 bridgehead atoms. The molecule has 1 N–H and O–H groups in total. The zero-order valence-electron chi connectivity index (χ0n) is 20.1. The van der Waals surface area contributed by atoms with Crippen molar-refractivity contribution in [1.29, 1.82) is 0 Å². The zero-order chi connectivity index (χ0) is 25.3. The van der Waals surface area contributed by atoms with E-state index in [4.69, 9.17) is 9.47 Å². The number of benzene rings is 2. The van der Waals surface area contributed by atoms with Gasteiger partial charge < -0.3 is 19.5 Å². The molecule has 10 heteroatoms. The van der Waals surface area contributed by atoms with Crippen LogP contribution in [0.2, 0.25) is 0 Å². The fraction of sp³-hybridized carbons (Fsp3) is 0.308. The van der Waals surface area contributed by atoms with Crippen molar-refractivity contribution in [2.75, 3.05) is 20.2 Å². The smallest absolute Gasteiger partial charge is 0.264 e. The number of aryl methyl sites for hydroxylation is 1. The van der Waals surface area contributed by atoms with Crippen LogP contribution in [-0.2, 0) is 13.6 Å². The van der Waals surface area contributed by atoms with E-state index in [9.17, 15) is 14.7 Å². The summed E-state index contributed by atoms with van der Waals surface area (Å²) in [7, 11) is 3.33. The lowest BCUT2D eigenvalue weighted by molar-refractivity contribution is -0.0299. The predicted octanol–water partition coefficient (Wildman–Crippen LogP) is 2.60. The summed E-state index contributed by atoms with van der Waals surface area (Å²) in [6, 6.07) is 14.2. The minimum Gasteiger partial charge on any atom is -0.497 e. The van der Waals surface area contributed by atoms with Crippen LogP contribution in [0.1, 0.15) is 23.2 Å². The number of likely N-dealkylation sites (tertiary alicyclic amines) is 1. The Labute approximate surface area is 207 Å². The number of hydrogen-bond acceptors (Lipinski definition) is 7. The largest absolute Gasteiger partial charge is 0.497 e. The van der Waals surface area contributed by atoms with Crippen molar-refractivity contribution in [2.24, 2.45) is 7.05 Å². The quantitative estimate of drug-likeness (QED) is 0.443. The summed E-state index contributed by atoms with van der Waals surface area (Å²) in [5.41, 5.74) is -0.292. The van der Waals surface area contributed by atoms with Crippen LogP contribution < -0.4 is 15.0 Å². The minimum absolute atomic E-state index is 0.108. The van der Waals surface area contributed by atoms with E-state index in [1.54, 1.807) is 43.3 Å². The average Bonchev–Trinajstić information content (AvgIpc) is 3.28. The number of carbonyl (C=O) groups excluding carboxylic acids is 1. The molecule has 1 aliphatic heterocycles. The molecule has 4 aromatic rings. The van der Waals surface area contributed by atoms with Gasteiger partial charge in [-0.3, -0.25) is 18.8 Å². The summed E-state index contributed by atoms with van der Waals surface area (Å²) in [4.78, 5) is 31.8. The zero-order valence-corrected chi connectivity index (χ0v) is 20.1. The van der Waals surface area contributed by atoms with E-state index in [2.05, 4.69) is 10.1 Å². The van der Waals surface area contributed by atoms with Crippen molar-refractivity contribution in [3.8, 4) is 17.2 Å². The van der Waals surface area contributed by atoms with E-state index in [1.165, 1.54) is 21.8 Å². The molecule has 1 fully saturated rings. The van der Waals surface area contributed by atoms with Crippen molar-refractivity contribution in [3.63, 3.8) is 0 Å². The Morgan fingerprint density at radius 3 is 2.28 bits per heavy atom. The Morgan fingerprint density at radius 1 is 1.03 bits per heavy atom. The van der Waals surface area contributed by atoms with Gasteiger partial charge in [-0.25, -0.2) is 4.98 Å². The van der Waals surface area contributed by atoms with E-state index in [-0.39, 0.29) is 18.0 Å². The predicted molar refractivity (Wildman–Crippen MR) is 132 cm³/mol. The fourth-order valence-corrected chi connectivity index (χ4v) is 4.41. The van der Waals surface area contributed by atoms with Gasteiger partial charge in [0.2, 0.25) is 0 Å². The van der Waals surface area contributed by atoms with Gasteiger partial charge in [0.1, 0.15) is 29.0 Å². The number of piperidine rings is 1. The van der Waals surface area contributed by atoms with Crippen LogP contribution in [0.5, 0.6) is 17.2 Å². The lowest BCUT2D eigenvalue weighted by atomic mass is 9.91. The first-order valence-electron chi connectivity index (χ1n) is 11.7. The lowest BCUT2D eigenvalue weighted by Gasteiger charge is -2.38. The Hall–Kier alpha value is -4.18. The molecule has 0 spiro atoms. The van der Waals surface area contributed by atoms with Gasteiger partial charge in [-0.15, -0.1) is 0 Å². The number of carbonyl (C=O) groups is 1. The van der Waals surface area contributed by atoms with Crippen LogP contribution in [0.15, 0.2) is 65.8 Å². The summed E-state index contributed by atoms with van der Waals surface area (Å²) in [6.07, 6.45) is 3.64. The first kappa shape index (κ1) is 23.6. The highest BCUT2D eigenvalue weighted by Crippen LogP contribution is 2.27. The maximum Gasteiger partial charge on any atom is 0.264 e. The number of ether oxygens (including phenoxy) is 2. The van der Waals surface area contributed by atoms with Gasteiger partial charge in [0.25, 0.3) is 11.5 Å². The molecule has 0 atom stereocenters. The van der Waals surface area contributed by atoms with Gasteiger partial charge >= 0.3 is 0 Å². The first-order chi connectivity index (χ1) is 17.3. The van der Waals surface area contributed by atoms with E-state index in [1.807, 2.05) is 24.3 Å². The molecule has 10 nitrogen and oxygen atoms in total. The van der Waals surface area contributed by atoms with Gasteiger partial charge in [-0.1, -0.05) is 0 Å². The summed E-state index contributed by atoms with van der Waals surface area (Å²) >= 11 is 0. The Morgan fingerprint density at radius 2 is 1.64 bits per heavy atom. The molecule has 1 saturated heterocycles. The number of fused-ring (bicyclic) bond motifs is 1. The van der Waals surface area contributed by atoms with Crippen LogP contribution in [0, 0.1) is 0 Å². The molecule has 2 aromatic heterocycles. The molecule has 186 valence electrons. The SMILES string of the molecule is COc1ccc(Oc2ccc(C(=O)N3CCC(O)(Cn4cnc5c(cnn5C)c4=O)CC3)cc2)cc1. The lowest BCUT2D eigenvalue weighted by Crippen LogP contribution is -2.49. The molecule has 1 aliphatic rings. The normalized spacial score (nSPS) is 15.1. The Bertz CT molecular complexity index is 1430. The second kappa shape index (κ2) is 9.46. The summed E-state index contributed by atoms with van der Waals surface area (Å²) in [5, 5.41) is 15.6. The number of hydrogen-bond donors (Lipinski definition) is 1. The highest BCUT2D eigenvalue weighted by molar-refractivity contribution is 5.94. The molecule has 5 rings (SSSR count). The minimum atomic E-state index is -1.10. The van der Waals surface area contributed by atoms with Gasteiger partial charge in [-0.05, 0) is 61.4 Å². The number of nitrogens with zero attached hydrogens (tertiary/aromatic N) is 5. The third-order valence-electron chi connectivity index (χ3n) is 6.56. The highest BCUT2D eigenvalue weighted by atomic mass is 16.5. The maximum absolute atomic E-state index is 13.0. The van der Waals surface area contributed by atoms with Crippen molar-refractivity contribution in [1.82, 2.24) is 24.2 Å². The Balaban J connectivity index is 1.20. The van der Waals surface area contributed by atoms with Crippen LogP contribution in [0.25, 0.3) is 11.0 Å². The molecule has 0 saturated carbocycles. The number of amides is 1. The van der Waals surface area contributed by atoms with Gasteiger partial charge in [-0.2, -0.15) is 5.10 Å². The molecule has 0 unspecified atom stereocenters. The van der Waals surface area contributed by atoms with Crippen LogP contribution in [0.4, 0.5) is 0 Å². The molecule has 1 amide bonds. The van der Waals surface area contributed by atoms with Crippen molar-refractivity contribution in [3.05, 3.63) is 77.0 Å². The summed E-state index contributed by atoms with van der Waals surface area (Å²) in [5.74, 6) is 1.93. The fourth-order valence-electron chi connectivity index (χ4n) is 4.41. The van der Waals surface area contributed by atoms with E-state index >= 15 is 0 Å². The molecule has 2 aromatic carbocycles. The molecule has 36 heavy (non-hydrogen) atoms. The molecular formula is C26H27N5O5. The topological polar surface area (TPSA) is 112 Å². The molecule has 0 aliphatic carbocycles. The summed E-state index contributed by atoms with van der Waals surface area (Å²) in [6.45, 7) is 0.886. The number of methoxy groups -OCH3 is 1. The van der Waals surface area contributed by atoms with Gasteiger partial charge in [0, 0.05) is 25.7 Å². The molecule has 0 radical (unpaired) electrons. The third kappa shape index (κ3) is 4.67. The second-order valence-corrected chi connectivity index (χ2v) is 9.00. The Kier molecular flexibility index (Phi) is 6.19. The monoisotopic (exact) mass is 489 g/mol. The number of aliphatic hydroxyl groups is 1. The third-order valence-corrected chi connectivity index (χ3v) is 6.56. The van der Waals surface area contributed by atoms with E-state index in [0.29, 0.717) is 54.0 Å². The highest BCUT2D eigenvalue weighted by Gasteiger charge is 2.35. The standard InChI is InChI=1S/C26H27N5O5/c1-29-23-22(15-28-29)25(33)31(17-27-23)16-26(34)11-13-30(14-12-26)24(32)18-3-5-20(6-4-18)36-21-9-7-19(35-2)8-10-21/h3-10,15,17,34H,11-14,16H2,1-2H3. The van der Waals surface area contributed by atoms with Gasteiger partial charge in [0.05, 0.1) is 25.5 Å². The van der Waals surface area contributed by atoms with Crippen molar-refractivity contribution >= 4 is 16.9 Å². The van der Waals surface area contributed by atoms with Gasteiger partial charge in [0.15, 0.2) is 5.65 Å². The first-order valence-corrected chi connectivity index (χ1v) is 11.7. The molecule has 3 heterocycles.